The lowest BCUT2D eigenvalue weighted by Gasteiger charge is -2.27. The number of ether oxygens (including phenoxy) is 1. The van der Waals surface area contributed by atoms with E-state index in [9.17, 15) is 4.79 Å². The summed E-state index contributed by atoms with van der Waals surface area (Å²) in [6.07, 6.45) is 4.37. The number of carbonyl (C=O) groups is 1. The number of benzene rings is 2. The second-order valence-electron chi connectivity index (χ2n) is 6.15. The van der Waals surface area contributed by atoms with E-state index in [0.717, 1.165) is 32.2 Å². The Hall–Kier alpha value is -1.40. The van der Waals surface area contributed by atoms with Gasteiger partial charge in [0.05, 0.1) is 12.7 Å². The molecule has 24 heavy (non-hydrogen) atoms. The Morgan fingerprint density at radius 1 is 1.29 bits per heavy atom. The van der Waals surface area contributed by atoms with Gasteiger partial charge in [-0.25, -0.2) is 4.79 Å². The van der Waals surface area contributed by atoms with Crippen LogP contribution in [-0.4, -0.2) is 19.6 Å². The molecular weight excluding hydrogens is 413 g/mol. The Labute approximate surface area is 156 Å². The number of nitrogens with one attached hydrogen (secondary N) is 1. The fourth-order valence-corrected chi connectivity index (χ4v) is 4.01. The second-order valence-corrected chi connectivity index (χ2v) is 7.31. The molecule has 1 atom stereocenters. The SMILES string of the molecule is COC(=O)c1ccc2c(c1)CCCC2NCCc1ccccc1I. The summed E-state index contributed by atoms with van der Waals surface area (Å²) in [5.41, 5.74) is 4.64. The highest BCUT2D eigenvalue weighted by Crippen LogP contribution is 2.30. The molecule has 0 aromatic heterocycles. The molecule has 0 amide bonds. The number of rotatable bonds is 5. The molecule has 1 N–H and O–H groups in total. The number of carbonyl (C=O) groups excluding carboxylic acids is 1. The molecule has 2 aromatic rings. The summed E-state index contributed by atoms with van der Waals surface area (Å²) < 4.78 is 6.15. The molecule has 3 nitrogen and oxygen atoms in total. The lowest BCUT2D eigenvalue weighted by Crippen LogP contribution is -2.27. The molecule has 1 aliphatic carbocycles. The molecule has 1 aliphatic rings. The minimum absolute atomic E-state index is 0.258. The van der Waals surface area contributed by atoms with Crippen LogP contribution in [0.2, 0.25) is 0 Å². The first-order valence-electron chi connectivity index (χ1n) is 8.37. The Kier molecular flexibility index (Phi) is 5.89. The van der Waals surface area contributed by atoms with E-state index in [2.05, 4.69) is 58.2 Å². The zero-order valence-corrected chi connectivity index (χ0v) is 16.0. The third-order valence-corrected chi connectivity index (χ3v) is 5.67. The predicted octanol–water partition coefficient (Wildman–Crippen LogP) is 4.29. The quantitative estimate of drug-likeness (QED) is 0.563. The standard InChI is InChI=1S/C20H22INO2/c1-24-20(23)16-9-10-17-15(13-16)6-4-8-19(17)22-12-11-14-5-2-3-7-18(14)21/h2-3,5,7,9-10,13,19,22H,4,6,8,11-12H2,1H3. The van der Waals surface area contributed by atoms with Crippen LogP contribution in [0.4, 0.5) is 0 Å². The van der Waals surface area contributed by atoms with Crippen LogP contribution in [0.25, 0.3) is 0 Å². The number of fused-ring (bicyclic) bond motifs is 1. The summed E-state index contributed by atoms with van der Waals surface area (Å²) in [6, 6.07) is 14.9. The molecule has 0 heterocycles. The van der Waals surface area contributed by atoms with Gasteiger partial charge in [0.25, 0.3) is 0 Å². The van der Waals surface area contributed by atoms with Gasteiger partial charge < -0.3 is 10.1 Å². The van der Waals surface area contributed by atoms with Crippen molar-refractivity contribution in [2.24, 2.45) is 0 Å². The lowest BCUT2D eigenvalue weighted by molar-refractivity contribution is 0.0600. The van der Waals surface area contributed by atoms with Gasteiger partial charge in [-0.15, -0.1) is 0 Å². The van der Waals surface area contributed by atoms with Crippen molar-refractivity contribution >= 4 is 28.6 Å². The molecule has 0 radical (unpaired) electrons. The van der Waals surface area contributed by atoms with Crippen LogP contribution >= 0.6 is 22.6 Å². The Morgan fingerprint density at radius 3 is 2.92 bits per heavy atom. The Morgan fingerprint density at radius 2 is 2.12 bits per heavy atom. The number of esters is 1. The monoisotopic (exact) mass is 435 g/mol. The van der Waals surface area contributed by atoms with Crippen LogP contribution in [0.1, 0.15) is 45.9 Å². The van der Waals surface area contributed by atoms with E-state index < -0.39 is 0 Å². The van der Waals surface area contributed by atoms with Crippen LogP contribution in [0.5, 0.6) is 0 Å². The fourth-order valence-electron chi connectivity index (χ4n) is 3.35. The van der Waals surface area contributed by atoms with Crippen LogP contribution < -0.4 is 5.32 Å². The maximum Gasteiger partial charge on any atom is 0.337 e. The summed E-state index contributed by atoms with van der Waals surface area (Å²) in [7, 11) is 1.43. The maximum atomic E-state index is 11.7. The van der Waals surface area contributed by atoms with Gasteiger partial charge in [-0.1, -0.05) is 24.3 Å². The van der Waals surface area contributed by atoms with Crippen molar-refractivity contribution in [3.63, 3.8) is 0 Å². The molecule has 0 bridgehead atoms. The first-order chi connectivity index (χ1) is 11.7. The molecule has 0 fully saturated rings. The predicted molar refractivity (Wildman–Crippen MR) is 104 cm³/mol. The van der Waals surface area contributed by atoms with E-state index in [4.69, 9.17) is 4.74 Å². The average Bonchev–Trinajstić information content (AvgIpc) is 2.62. The summed E-state index contributed by atoms with van der Waals surface area (Å²) in [4.78, 5) is 11.7. The molecule has 0 spiro atoms. The van der Waals surface area contributed by atoms with Crippen molar-refractivity contribution in [1.29, 1.82) is 0 Å². The number of hydrogen-bond donors (Lipinski definition) is 1. The highest BCUT2D eigenvalue weighted by atomic mass is 127. The van der Waals surface area contributed by atoms with Crippen molar-refractivity contribution < 1.29 is 9.53 Å². The minimum Gasteiger partial charge on any atom is -0.465 e. The molecule has 0 saturated carbocycles. The summed E-state index contributed by atoms with van der Waals surface area (Å²) >= 11 is 2.40. The number of halogens is 1. The van der Waals surface area contributed by atoms with E-state index >= 15 is 0 Å². The van der Waals surface area contributed by atoms with Crippen LogP contribution in [0.3, 0.4) is 0 Å². The van der Waals surface area contributed by atoms with E-state index in [1.165, 1.54) is 27.4 Å². The topological polar surface area (TPSA) is 38.3 Å². The van der Waals surface area contributed by atoms with E-state index in [-0.39, 0.29) is 5.97 Å². The molecule has 3 rings (SSSR count). The molecular formula is C20H22INO2. The molecule has 126 valence electrons. The highest BCUT2D eigenvalue weighted by molar-refractivity contribution is 14.1. The van der Waals surface area contributed by atoms with Crippen molar-refractivity contribution in [1.82, 2.24) is 5.32 Å². The van der Waals surface area contributed by atoms with Gasteiger partial charge in [0.15, 0.2) is 0 Å². The van der Waals surface area contributed by atoms with Gasteiger partial charge in [-0.05, 0) is 89.7 Å². The molecule has 4 heteroatoms. The van der Waals surface area contributed by atoms with Crippen LogP contribution in [-0.2, 0) is 17.6 Å². The van der Waals surface area contributed by atoms with E-state index in [1.54, 1.807) is 0 Å². The third-order valence-electron chi connectivity index (χ3n) is 4.62. The lowest BCUT2D eigenvalue weighted by atomic mass is 9.86. The van der Waals surface area contributed by atoms with E-state index in [0.29, 0.717) is 11.6 Å². The van der Waals surface area contributed by atoms with Crippen molar-refractivity contribution in [3.05, 3.63) is 68.3 Å². The first-order valence-corrected chi connectivity index (χ1v) is 9.45. The smallest absolute Gasteiger partial charge is 0.337 e. The summed E-state index contributed by atoms with van der Waals surface area (Å²) in [5, 5.41) is 3.70. The first kappa shape index (κ1) is 17.4. The van der Waals surface area contributed by atoms with Crippen molar-refractivity contribution in [2.75, 3.05) is 13.7 Å². The summed E-state index contributed by atoms with van der Waals surface area (Å²) in [6.45, 7) is 0.961. The number of methoxy groups -OCH3 is 1. The van der Waals surface area contributed by atoms with Gasteiger partial charge in [0, 0.05) is 9.61 Å². The zero-order chi connectivity index (χ0) is 16.9. The fraction of sp³-hybridized carbons (Fsp3) is 0.350. The van der Waals surface area contributed by atoms with Crippen LogP contribution in [0, 0.1) is 3.57 Å². The largest absolute Gasteiger partial charge is 0.465 e. The van der Waals surface area contributed by atoms with Gasteiger partial charge in [-0.2, -0.15) is 0 Å². The number of hydrogen-bond acceptors (Lipinski definition) is 3. The van der Waals surface area contributed by atoms with E-state index in [1.807, 2.05) is 12.1 Å². The Balaban J connectivity index is 1.66. The molecule has 0 saturated heterocycles. The second kappa shape index (κ2) is 8.12. The number of aryl methyl sites for hydroxylation is 1. The van der Waals surface area contributed by atoms with Crippen molar-refractivity contribution in [2.45, 2.75) is 31.7 Å². The van der Waals surface area contributed by atoms with Gasteiger partial charge in [-0.3, -0.25) is 0 Å². The van der Waals surface area contributed by atoms with Crippen LogP contribution in [0.15, 0.2) is 42.5 Å². The maximum absolute atomic E-state index is 11.7. The van der Waals surface area contributed by atoms with Gasteiger partial charge >= 0.3 is 5.97 Å². The van der Waals surface area contributed by atoms with Gasteiger partial charge in [0.2, 0.25) is 0 Å². The molecule has 1 unspecified atom stereocenters. The molecule has 0 aliphatic heterocycles. The van der Waals surface area contributed by atoms with Crippen molar-refractivity contribution in [3.8, 4) is 0 Å². The zero-order valence-electron chi connectivity index (χ0n) is 13.8. The third kappa shape index (κ3) is 3.98. The molecule has 2 aromatic carbocycles. The summed E-state index contributed by atoms with van der Waals surface area (Å²) in [5.74, 6) is -0.258. The Bertz CT molecular complexity index is 729. The minimum atomic E-state index is -0.258. The normalized spacial score (nSPS) is 16.5. The highest BCUT2D eigenvalue weighted by Gasteiger charge is 2.21. The average molecular weight is 435 g/mol. The van der Waals surface area contributed by atoms with Gasteiger partial charge in [0.1, 0.15) is 0 Å².